The Labute approximate surface area is 114 Å². The molecule has 1 N–H and O–H groups in total. The largest absolute Gasteiger partial charge is 0.392 e. The van der Waals surface area contributed by atoms with Crippen molar-refractivity contribution in [3.63, 3.8) is 0 Å². The van der Waals surface area contributed by atoms with Crippen LogP contribution < -0.4 is 0 Å². The highest BCUT2D eigenvalue weighted by atomic mass is 35.5. The van der Waals surface area contributed by atoms with Gasteiger partial charge in [-0.1, -0.05) is 35.4 Å². The molecule has 1 aromatic carbocycles. The Bertz CT molecular complexity index is 437. The van der Waals surface area contributed by atoms with Crippen molar-refractivity contribution in [2.75, 3.05) is 0 Å². The predicted octanol–water partition coefficient (Wildman–Crippen LogP) is 4.44. The maximum atomic E-state index is 10.1. The molecule has 2 heteroatoms. The average Bonchev–Trinajstić information content (AvgIpc) is 2.34. The van der Waals surface area contributed by atoms with Gasteiger partial charge in [-0.15, -0.1) is 0 Å². The van der Waals surface area contributed by atoms with Gasteiger partial charge in [0, 0.05) is 11.4 Å². The smallest absolute Gasteiger partial charge is 0.0618 e. The maximum absolute atomic E-state index is 10.1. The molecule has 0 heterocycles. The van der Waals surface area contributed by atoms with E-state index in [1.807, 2.05) is 25.1 Å². The highest BCUT2D eigenvalue weighted by molar-refractivity contribution is 6.31. The summed E-state index contributed by atoms with van der Waals surface area (Å²) in [5.74, 6) is 0. The summed E-state index contributed by atoms with van der Waals surface area (Å²) in [6.07, 6.45) is 8.32. The Morgan fingerprint density at radius 2 is 2.11 bits per heavy atom. The number of aryl methyl sites for hydroxylation is 1. The second-order valence-electron chi connectivity index (χ2n) is 5.27. The Morgan fingerprint density at radius 3 is 2.78 bits per heavy atom. The fourth-order valence-electron chi connectivity index (χ4n) is 2.54. The highest BCUT2D eigenvalue weighted by Crippen LogP contribution is 2.24. The van der Waals surface area contributed by atoms with E-state index in [0.717, 1.165) is 29.0 Å². The minimum absolute atomic E-state index is 0.311. The third kappa shape index (κ3) is 3.86. The number of benzene rings is 1. The summed E-state index contributed by atoms with van der Waals surface area (Å²) in [5, 5.41) is 10.9. The van der Waals surface area contributed by atoms with E-state index in [9.17, 15) is 5.11 Å². The van der Waals surface area contributed by atoms with Gasteiger partial charge in [0.15, 0.2) is 0 Å². The molecule has 18 heavy (non-hydrogen) atoms. The molecule has 0 aromatic heterocycles. The lowest BCUT2D eigenvalue weighted by atomic mass is 9.93. The summed E-state index contributed by atoms with van der Waals surface area (Å²) in [5.41, 5.74) is 3.62. The third-order valence-electron chi connectivity index (χ3n) is 3.55. The molecule has 0 bridgehead atoms. The zero-order chi connectivity index (χ0) is 13.0. The Hall–Kier alpha value is -0.790. The molecule has 1 nitrogen and oxygen atoms in total. The van der Waals surface area contributed by atoms with Crippen molar-refractivity contribution >= 4 is 11.6 Å². The molecule has 0 saturated heterocycles. The topological polar surface area (TPSA) is 20.2 Å². The van der Waals surface area contributed by atoms with Crippen molar-refractivity contribution in [3.05, 3.63) is 46.0 Å². The van der Waals surface area contributed by atoms with Crippen LogP contribution in [0.5, 0.6) is 0 Å². The Balaban J connectivity index is 1.94. The van der Waals surface area contributed by atoms with Crippen molar-refractivity contribution in [1.29, 1.82) is 0 Å². The van der Waals surface area contributed by atoms with Crippen LogP contribution in [-0.4, -0.2) is 11.2 Å². The first kappa shape index (κ1) is 13.6. The van der Waals surface area contributed by atoms with Crippen LogP contribution in [0.4, 0.5) is 0 Å². The lowest BCUT2D eigenvalue weighted by Gasteiger charge is -2.17. The van der Waals surface area contributed by atoms with Crippen LogP contribution in [0.1, 0.15) is 43.2 Å². The number of hydrogen-bond acceptors (Lipinski definition) is 1. The lowest BCUT2D eigenvalue weighted by molar-refractivity contribution is 0.173. The fraction of sp³-hybridized carbons (Fsp3) is 0.500. The molecule has 0 saturated carbocycles. The van der Waals surface area contributed by atoms with Crippen molar-refractivity contribution in [1.82, 2.24) is 0 Å². The van der Waals surface area contributed by atoms with Crippen LogP contribution in [0, 0.1) is 6.92 Å². The molecule has 1 aliphatic rings. The van der Waals surface area contributed by atoms with Gasteiger partial charge in [0.2, 0.25) is 0 Å². The number of allylic oxidation sites excluding steroid dienone is 1. The van der Waals surface area contributed by atoms with E-state index in [2.05, 4.69) is 6.08 Å². The van der Waals surface area contributed by atoms with Crippen molar-refractivity contribution in [2.24, 2.45) is 0 Å². The molecule has 0 fully saturated rings. The Morgan fingerprint density at radius 1 is 1.28 bits per heavy atom. The van der Waals surface area contributed by atoms with Gasteiger partial charge >= 0.3 is 0 Å². The minimum atomic E-state index is -0.311. The van der Waals surface area contributed by atoms with E-state index in [0.29, 0.717) is 6.42 Å². The number of hydrogen-bond donors (Lipinski definition) is 1. The normalized spacial score (nSPS) is 17.4. The van der Waals surface area contributed by atoms with Crippen molar-refractivity contribution in [3.8, 4) is 0 Å². The average molecular weight is 265 g/mol. The first-order valence-electron chi connectivity index (χ1n) is 6.76. The van der Waals surface area contributed by atoms with Crippen LogP contribution in [0.25, 0.3) is 0 Å². The Kier molecular flexibility index (Phi) is 4.85. The zero-order valence-electron chi connectivity index (χ0n) is 11.0. The molecule has 0 amide bonds. The van der Waals surface area contributed by atoms with Crippen LogP contribution >= 0.6 is 11.6 Å². The molecule has 0 radical (unpaired) electrons. The van der Waals surface area contributed by atoms with Gasteiger partial charge < -0.3 is 5.11 Å². The number of aliphatic hydroxyl groups excluding tert-OH is 1. The van der Waals surface area contributed by atoms with E-state index in [4.69, 9.17) is 11.6 Å². The molecule has 1 aliphatic carbocycles. The van der Waals surface area contributed by atoms with E-state index in [-0.39, 0.29) is 6.10 Å². The van der Waals surface area contributed by atoms with Gasteiger partial charge in [-0.25, -0.2) is 0 Å². The predicted molar refractivity (Wildman–Crippen MR) is 77.1 cm³/mol. The van der Waals surface area contributed by atoms with Crippen LogP contribution in [0.2, 0.25) is 5.02 Å². The number of rotatable bonds is 4. The number of aliphatic hydroxyl groups is 1. The standard InChI is InChI=1S/C16H21ClO/c1-12-7-8-14(16(17)9-12)11-15(18)10-13-5-3-2-4-6-13/h5,7-9,15,18H,2-4,6,10-11H2,1H3. The number of halogens is 1. The molecule has 1 atom stereocenters. The summed E-state index contributed by atoms with van der Waals surface area (Å²) < 4.78 is 0. The summed E-state index contributed by atoms with van der Waals surface area (Å²) in [6, 6.07) is 6.04. The maximum Gasteiger partial charge on any atom is 0.0618 e. The summed E-state index contributed by atoms with van der Waals surface area (Å²) in [4.78, 5) is 0. The van der Waals surface area contributed by atoms with Gasteiger partial charge in [-0.3, -0.25) is 0 Å². The fourth-order valence-corrected chi connectivity index (χ4v) is 2.85. The highest BCUT2D eigenvalue weighted by Gasteiger charge is 2.12. The van der Waals surface area contributed by atoms with E-state index >= 15 is 0 Å². The first-order valence-corrected chi connectivity index (χ1v) is 7.14. The molecule has 0 aliphatic heterocycles. The molecule has 2 rings (SSSR count). The van der Waals surface area contributed by atoms with Crippen LogP contribution in [-0.2, 0) is 6.42 Å². The van der Waals surface area contributed by atoms with Crippen LogP contribution in [0.3, 0.4) is 0 Å². The quantitative estimate of drug-likeness (QED) is 0.797. The third-order valence-corrected chi connectivity index (χ3v) is 3.90. The van der Waals surface area contributed by atoms with Gasteiger partial charge in [-0.05, 0) is 56.2 Å². The van der Waals surface area contributed by atoms with Crippen LogP contribution in [0.15, 0.2) is 29.8 Å². The van der Waals surface area contributed by atoms with E-state index < -0.39 is 0 Å². The van der Waals surface area contributed by atoms with Gasteiger partial charge in [0.1, 0.15) is 0 Å². The van der Waals surface area contributed by atoms with Gasteiger partial charge in [-0.2, -0.15) is 0 Å². The van der Waals surface area contributed by atoms with Gasteiger partial charge in [0.05, 0.1) is 6.10 Å². The molecular formula is C16H21ClO. The zero-order valence-corrected chi connectivity index (χ0v) is 11.7. The molecule has 98 valence electrons. The van der Waals surface area contributed by atoms with Gasteiger partial charge in [0.25, 0.3) is 0 Å². The summed E-state index contributed by atoms with van der Waals surface area (Å²) >= 11 is 6.19. The lowest BCUT2D eigenvalue weighted by Crippen LogP contribution is -2.12. The SMILES string of the molecule is Cc1ccc(CC(O)CC2=CCCCC2)c(Cl)c1. The monoisotopic (exact) mass is 264 g/mol. The molecule has 1 aromatic rings. The second kappa shape index (κ2) is 6.40. The summed E-state index contributed by atoms with van der Waals surface area (Å²) in [6.45, 7) is 2.03. The first-order chi connectivity index (χ1) is 8.65. The van der Waals surface area contributed by atoms with E-state index in [1.54, 1.807) is 0 Å². The minimum Gasteiger partial charge on any atom is -0.392 e. The van der Waals surface area contributed by atoms with Crippen molar-refractivity contribution < 1.29 is 5.11 Å². The summed E-state index contributed by atoms with van der Waals surface area (Å²) in [7, 11) is 0. The second-order valence-corrected chi connectivity index (χ2v) is 5.67. The van der Waals surface area contributed by atoms with Crippen molar-refractivity contribution in [2.45, 2.75) is 51.6 Å². The molecule has 1 unspecified atom stereocenters. The molecule has 0 spiro atoms. The molecular weight excluding hydrogens is 244 g/mol. The van der Waals surface area contributed by atoms with E-state index in [1.165, 1.54) is 24.8 Å².